The number of amides is 1. The van der Waals surface area contributed by atoms with Crippen molar-refractivity contribution in [2.24, 2.45) is 0 Å². The van der Waals surface area contributed by atoms with Crippen molar-refractivity contribution in [1.29, 1.82) is 0 Å². The molecule has 0 spiro atoms. The average molecular weight is 327 g/mol. The number of halogens is 1. The lowest BCUT2D eigenvalue weighted by Crippen LogP contribution is -2.38. The molecule has 2 heterocycles. The van der Waals surface area contributed by atoms with Crippen LogP contribution in [0.4, 0.5) is 10.5 Å². The minimum Gasteiger partial charge on any atom is -0.446 e. The summed E-state index contributed by atoms with van der Waals surface area (Å²) >= 11 is 6.00. The molecule has 3 rings (SSSR count). The number of hydrogen-bond acceptors (Lipinski definition) is 5. The molecule has 1 saturated heterocycles. The van der Waals surface area contributed by atoms with Gasteiger partial charge in [0.1, 0.15) is 11.1 Å². The average Bonchev–Trinajstić information content (AvgIpc) is 3.14. The highest BCUT2D eigenvalue weighted by Crippen LogP contribution is 2.25. The molecule has 1 amide bonds. The Morgan fingerprint density at radius 2 is 2.18 bits per heavy atom. The van der Waals surface area contributed by atoms with Crippen molar-refractivity contribution in [3.8, 4) is 0 Å². The van der Waals surface area contributed by atoms with E-state index in [1.165, 1.54) is 6.20 Å². The second kappa shape index (κ2) is 6.56. The van der Waals surface area contributed by atoms with Crippen LogP contribution < -0.4 is 15.8 Å². The zero-order valence-electron chi connectivity index (χ0n) is 12.2. The normalized spacial score (nSPS) is 22.0. The summed E-state index contributed by atoms with van der Waals surface area (Å²) in [5, 5.41) is 9.08. The summed E-state index contributed by atoms with van der Waals surface area (Å²) in [6.45, 7) is 1.30. The van der Waals surface area contributed by atoms with E-state index in [1.807, 2.05) is 4.90 Å². The highest BCUT2D eigenvalue weighted by molar-refractivity contribution is 6.33. The van der Waals surface area contributed by atoms with Crippen molar-refractivity contribution in [2.45, 2.75) is 44.2 Å². The molecule has 2 aliphatic rings. The number of aromatic nitrogens is 2. The smallest absolute Gasteiger partial charge is 0.407 e. The van der Waals surface area contributed by atoms with Crippen molar-refractivity contribution in [2.75, 3.05) is 18.0 Å². The van der Waals surface area contributed by atoms with Gasteiger partial charge in [0.25, 0.3) is 5.56 Å². The molecular weight excluding hydrogens is 308 g/mol. The fourth-order valence-corrected chi connectivity index (χ4v) is 3.26. The molecule has 1 aromatic heterocycles. The number of aromatic amines is 1. The summed E-state index contributed by atoms with van der Waals surface area (Å²) < 4.78 is 5.40. The van der Waals surface area contributed by atoms with Gasteiger partial charge in [0.05, 0.1) is 17.9 Å². The number of carbonyl (C=O) groups excluding carboxylic acids is 1. The fraction of sp³-hybridized carbons (Fsp3) is 0.643. The first-order chi connectivity index (χ1) is 10.6. The van der Waals surface area contributed by atoms with Gasteiger partial charge in [0.2, 0.25) is 0 Å². The zero-order valence-corrected chi connectivity index (χ0v) is 12.9. The molecule has 2 fully saturated rings. The summed E-state index contributed by atoms with van der Waals surface area (Å²) in [7, 11) is 0. The van der Waals surface area contributed by atoms with Crippen LogP contribution in [0.1, 0.15) is 32.1 Å². The van der Waals surface area contributed by atoms with E-state index in [1.54, 1.807) is 0 Å². The van der Waals surface area contributed by atoms with Gasteiger partial charge in [-0.2, -0.15) is 5.10 Å². The first-order valence-electron chi connectivity index (χ1n) is 7.59. The SMILES string of the molecule is O=C(N[C@@H]1CCN(c2cn[nH]c(=O)c2Cl)C1)OC1CCCC1. The minimum absolute atomic E-state index is 0.00995. The number of nitrogens with zero attached hydrogens (tertiary/aromatic N) is 2. The predicted molar refractivity (Wildman–Crippen MR) is 82.4 cm³/mol. The molecule has 2 N–H and O–H groups in total. The van der Waals surface area contributed by atoms with Gasteiger partial charge in [-0.1, -0.05) is 11.6 Å². The number of carbonyl (C=O) groups is 1. The van der Waals surface area contributed by atoms with Crippen LogP contribution in [0.2, 0.25) is 5.02 Å². The summed E-state index contributed by atoms with van der Waals surface area (Å²) in [5.74, 6) is 0. The lowest BCUT2D eigenvalue weighted by Gasteiger charge is -2.19. The van der Waals surface area contributed by atoms with Crippen LogP contribution in [0.3, 0.4) is 0 Å². The Labute approximate surface area is 133 Å². The second-order valence-electron chi connectivity index (χ2n) is 5.79. The number of alkyl carbamates (subject to hydrolysis) is 1. The maximum atomic E-state index is 11.9. The van der Waals surface area contributed by atoms with Gasteiger partial charge in [-0.15, -0.1) is 0 Å². The van der Waals surface area contributed by atoms with Crippen LogP contribution in [0, 0.1) is 0 Å². The van der Waals surface area contributed by atoms with E-state index >= 15 is 0 Å². The van der Waals surface area contributed by atoms with Gasteiger partial charge in [-0.05, 0) is 32.1 Å². The van der Waals surface area contributed by atoms with Crippen molar-refractivity contribution < 1.29 is 9.53 Å². The van der Waals surface area contributed by atoms with Crippen LogP contribution in [-0.4, -0.2) is 41.5 Å². The number of ether oxygens (including phenoxy) is 1. The van der Waals surface area contributed by atoms with E-state index in [4.69, 9.17) is 16.3 Å². The van der Waals surface area contributed by atoms with Crippen LogP contribution in [-0.2, 0) is 4.74 Å². The number of hydrogen-bond donors (Lipinski definition) is 2. The first-order valence-corrected chi connectivity index (χ1v) is 7.96. The molecule has 1 aromatic rings. The third kappa shape index (κ3) is 3.35. The van der Waals surface area contributed by atoms with Crippen molar-refractivity contribution in [1.82, 2.24) is 15.5 Å². The van der Waals surface area contributed by atoms with E-state index in [9.17, 15) is 9.59 Å². The topological polar surface area (TPSA) is 87.3 Å². The summed E-state index contributed by atoms with van der Waals surface area (Å²) in [5.41, 5.74) is 0.190. The van der Waals surface area contributed by atoms with E-state index in [2.05, 4.69) is 15.5 Å². The Morgan fingerprint density at radius 1 is 1.41 bits per heavy atom. The molecule has 1 saturated carbocycles. The summed E-state index contributed by atoms with van der Waals surface area (Å²) in [6, 6.07) is -0.00995. The standard InChI is InChI=1S/C14H19ClN4O3/c15-12-11(7-16-18-13(12)20)19-6-5-9(8-19)17-14(21)22-10-3-1-2-4-10/h7,9-10H,1-6,8H2,(H,17,21)(H,18,20)/t9-/m1/s1. The maximum absolute atomic E-state index is 11.9. The van der Waals surface area contributed by atoms with Gasteiger partial charge < -0.3 is 15.0 Å². The summed E-state index contributed by atoms with van der Waals surface area (Å²) in [4.78, 5) is 25.3. The maximum Gasteiger partial charge on any atom is 0.407 e. The molecule has 1 aliphatic carbocycles. The van der Waals surface area contributed by atoms with Crippen molar-refractivity contribution in [3.05, 3.63) is 21.6 Å². The minimum atomic E-state index is -0.406. The molecule has 22 heavy (non-hydrogen) atoms. The lowest BCUT2D eigenvalue weighted by molar-refractivity contribution is 0.0985. The number of rotatable bonds is 3. The van der Waals surface area contributed by atoms with Gasteiger partial charge >= 0.3 is 6.09 Å². The third-order valence-electron chi connectivity index (χ3n) is 4.20. The highest BCUT2D eigenvalue weighted by atomic mass is 35.5. The van der Waals surface area contributed by atoms with E-state index in [0.29, 0.717) is 18.8 Å². The fourth-order valence-electron chi connectivity index (χ4n) is 3.05. The molecule has 120 valence electrons. The Kier molecular flexibility index (Phi) is 4.52. The van der Waals surface area contributed by atoms with E-state index in [0.717, 1.165) is 32.1 Å². The van der Waals surface area contributed by atoms with Crippen LogP contribution in [0.15, 0.2) is 11.0 Å². The lowest BCUT2D eigenvalue weighted by atomic mass is 10.3. The van der Waals surface area contributed by atoms with Crippen LogP contribution in [0.5, 0.6) is 0 Å². The van der Waals surface area contributed by atoms with Crippen molar-refractivity contribution >= 4 is 23.4 Å². The third-order valence-corrected chi connectivity index (χ3v) is 4.57. The van der Waals surface area contributed by atoms with Gasteiger partial charge in [0.15, 0.2) is 0 Å². The molecule has 7 nitrogen and oxygen atoms in total. The molecule has 1 atom stereocenters. The monoisotopic (exact) mass is 326 g/mol. The Morgan fingerprint density at radius 3 is 2.95 bits per heavy atom. The first kappa shape index (κ1) is 15.1. The van der Waals surface area contributed by atoms with E-state index in [-0.39, 0.29) is 23.3 Å². The Bertz CT molecular complexity index is 600. The van der Waals surface area contributed by atoms with Gasteiger partial charge in [0, 0.05) is 13.1 Å². The van der Waals surface area contributed by atoms with Gasteiger partial charge in [-0.25, -0.2) is 9.89 Å². The molecule has 0 aromatic carbocycles. The number of anilines is 1. The van der Waals surface area contributed by atoms with Gasteiger partial charge in [-0.3, -0.25) is 4.79 Å². The van der Waals surface area contributed by atoms with Crippen LogP contribution >= 0.6 is 11.6 Å². The molecule has 1 aliphatic heterocycles. The Hall–Kier alpha value is -1.76. The Balaban J connectivity index is 1.54. The van der Waals surface area contributed by atoms with E-state index < -0.39 is 5.56 Å². The van der Waals surface area contributed by atoms with Crippen LogP contribution in [0.25, 0.3) is 0 Å². The molecule has 0 bridgehead atoms. The largest absolute Gasteiger partial charge is 0.446 e. The number of nitrogens with one attached hydrogen (secondary N) is 2. The quantitative estimate of drug-likeness (QED) is 0.882. The van der Waals surface area contributed by atoms with Crippen molar-refractivity contribution in [3.63, 3.8) is 0 Å². The number of H-pyrrole nitrogens is 1. The molecule has 0 unspecified atom stereocenters. The molecular formula is C14H19ClN4O3. The molecule has 8 heteroatoms. The highest BCUT2D eigenvalue weighted by Gasteiger charge is 2.28. The predicted octanol–water partition coefficient (Wildman–Crippen LogP) is 1.67. The zero-order chi connectivity index (χ0) is 15.5. The molecule has 0 radical (unpaired) electrons. The second-order valence-corrected chi connectivity index (χ2v) is 6.16. The summed E-state index contributed by atoms with van der Waals surface area (Å²) in [6.07, 6.45) is 6.19.